The van der Waals surface area contributed by atoms with Crippen molar-refractivity contribution in [2.75, 3.05) is 13.2 Å². The maximum absolute atomic E-state index is 9.29. The topological polar surface area (TPSA) is 90.2 Å². The Balaban J connectivity index is 2.48. The zero-order valence-corrected chi connectivity index (χ0v) is 6.63. The van der Waals surface area contributed by atoms with E-state index in [1.165, 1.54) is 0 Å². The number of hydrogen-bond acceptors (Lipinski definition) is 5. The van der Waals surface area contributed by atoms with Gasteiger partial charge in [0.25, 0.3) is 0 Å². The summed E-state index contributed by atoms with van der Waals surface area (Å²) in [6, 6.07) is 0. The third kappa shape index (κ3) is 1.75. The first-order valence-corrected chi connectivity index (χ1v) is 3.94. The standard InChI is InChI=1S/C7H14O5/c8-2-1-4-6(10)7(11)5(3-9)12-4/h4-11H,1-3H2. The quantitative estimate of drug-likeness (QED) is 0.395. The molecule has 1 rings (SSSR count). The molecular formula is C7H14O5. The summed E-state index contributed by atoms with van der Waals surface area (Å²) in [5.41, 5.74) is 0. The maximum atomic E-state index is 9.29. The Kier molecular flexibility index (Phi) is 3.42. The van der Waals surface area contributed by atoms with Crippen molar-refractivity contribution in [3.8, 4) is 0 Å². The molecule has 12 heavy (non-hydrogen) atoms. The summed E-state index contributed by atoms with van der Waals surface area (Å²) in [6.07, 6.45) is -3.08. The minimum atomic E-state index is -1.05. The monoisotopic (exact) mass is 178 g/mol. The van der Waals surface area contributed by atoms with Gasteiger partial charge in [0.05, 0.1) is 12.7 Å². The molecule has 1 fully saturated rings. The number of aliphatic hydroxyl groups is 4. The van der Waals surface area contributed by atoms with Crippen molar-refractivity contribution in [2.24, 2.45) is 0 Å². The lowest BCUT2D eigenvalue weighted by molar-refractivity contribution is -0.0280. The van der Waals surface area contributed by atoms with E-state index in [0.29, 0.717) is 0 Å². The molecule has 4 unspecified atom stereocenters. The average Bonchev–Trinajstić information content (AvgIpc) is 2.33. The Labute approximate surface area is 70.2 Å². The zero-order valence-electron chi connectivity index (χ0n) is 6.63. The molecule has 5 nitrogen and oxygen atoms in total. The van der Waals surface area contributed by atoms with Crippen LogP contribution in [0.3, 0.4) is 0 Å². The summed E-state index contributed by atoms with van der Waals surface area (Å²) in [4.78, 5) is 0. The number of aliphatic hydroxyl groups excluding tert-OH is 4. The SMILES string of the molecule is OCCC1OC(CO)C(O)C1O. The highest BCUT2D eigenvalue weighted by Gasteiger charge is 2.41. The molecule has 0 spiro atoms. The summed E-state index contributed by atoms with van der Waals surface area (Å²) in [7, 11) is 0. The van der Waals surface area contributed by atoms with Crippen LogP contribution in [0.1, 0.15) is 6.42 Å². The minimum absolute atomic E-state index is 0.105. The second-order valence-corrected chi connectivity index (χ2v) is 2.89. The van der Waals surface area contributed by atoms with Crippen LogP contribution < -0.4 is 0 Å². The van der Waals surface area contributed by atoms with Crippen molar-refractivity contribution >= 4 is 0 Å². The van der Waals surface area contributed by atoms with Crippen molar-refractivity contribution in [3.63, 3.8) is 0 Å². The van der Waals surface area contributed by atoms with Gasteiger partial charge >= 0.3 is 0 Å². The number of ether oxygens (including phenoxy) is 1. The van der Waals surface area contributed by atoms with Crippen LogP contribution in [0.2, 0.25) is 0 Å². The van der Waals surface area contributed by atoms with Crippen LogP contribution in [0.25, 0.3) is 0 Å². The third-order valence-corrected chi connectivity index (χ3v) is 2.05. The van der Waals surface area contributed by atoms with Gasteiger partial charge in [-0.3, -0.25) is 0 Å². The van der Waals surface area contributed by atoms with Gasteiger partial charge in [-0.2, -0.15) is 0 Å². The van der Waals surface area contributed by atoms with E-state index in [1.54, 1.807) is 0 Å². The fraction of sp³-hybridized carbons (Fsp3) is 1.00. The molecule has 0 aromatic rings. The molecule has 1 aliphatic heterocycles. The highest BCUT2D eigenvalue weighted by Crippen LogP contribution is 2.22. The fourth-order valence-electron chi connectivity index (χ4n) is 1.34. The van der Waals surface area contributed by atoms with Gasteiger partial charge < -0.3 is 25.2 Å². The van der Waals surface area contributed by atoms with Crippen molar-refractivity contribution < 1.29 is 25.2 Å². The largest absolute Gasteiger partial charge is 0.396 e. The average molecular weight is 178 g/mol. The predicted octanol–water partition coefficient (Wildman–Crippen LogP) is -2.15. The van der Waals surface area contributed by atoms with E-state index in [4.69, 9.17) is 14.9 Å². The Morgan fingerprint density at radius 2 is 1.58 bits per heavy atom. The van der Waals surface area contributed by atoms with E-state index in [0.717, 1.165) is 0 Å². The van der Waals surface area contributed by atoms with E-state index in [9.17, 15) is 10.2 Å². The molecule has 1 aliphatic rings. The summed E-state index contributed by atoms with van der Waals surface area (Å²) >= 11 is 0. The van der Waals surface area contributed by atoms with Crippen LogP contribution >= 0.6 is 0 Å². The minimum Gasteiger partial charge on any atom is -0.396 e. The molecule has 4 atom stereocenters. The lowest BCUT2D eigenvalue weighted by Gasteiger charge is -2.12. The van der Waals surface area contributed by atoms with Crippen LogP contribution in [0.5, 0.6) is 0 Å². The van der Waals surface area contributed by atoms with Gasteiger partial charge in [0, 0.05) is 6.61 Å². The van der Waals surface area contributed by atoms with Crippen LogP contribution in [0.15, 0.2) is 0 Å². The second kappa shape index (κ2) is 4.15. The molecule has 72 valence electrons. The predicted molar refractivity (Wildman–Crippen MR) is 39.5 cm³/mol. The summed E-state index contributed by atoms with van der Waals surface area (Å²) in [5.74, 6) is 0. The Bertz CT molecular complexity index is 140. The zero-order chi connectivity index (χ0) is 9.14. The van der Waals surface area contributed by atoms with Crippen molar-refractivity contribution in [2.45, 2.75) is 30.8 Å². The third-order valence-electron chi connectivity index (χ3n) is 2.05. The molecule has 0 aromatic heterocycles. The molecule has 4 N–H and O–H groups in total. The number of hydrogen-bond donors (Lipinski definition) is 4. The molecular weight excluding hydrogens is 164 g/mol. The normalized spacial score (nSPS) is 42.0. The molecule has 0 amide bonds. The lowest BCUT2D eigenvalue weighted by atomic mass is 10.1. The first kappa shape index (κ1) is 9.88. The highest BCUT2D eigenvalue weighted by atomic mass is 16.6. The van der Waals surface area contributed by atoms with Gasteiger partial charge in [-0.05, 0) is 6.42 Å². The van der Waals surface area contributed by atoms with Crippen LogP contribution in [0, 0.1) is 0 Å². The molecule has 0 bridgehead atoms. The van der Waals surface area contributed by atoms with Crippen LogP contribution in [-0.2, 0) is 4.74 Å². The van der Waals surface area contributed by atoms with E-state index >= 15 is 0 Å². The molecule has 0 radical (unpaired) electrons. The summed E-state index contributed by atoms with van der Waals surface area (Å²) < 4.78 is 5.07. The van der Waals surface area contributed by atoms with Gasteiger partial charge in [-0.1, -0.05) is 0 Å². The van der Waals surface area contributed by atoms with E-state index in [1.807, 2.05) is 0 Å². The van der Waals surface area contributed by atoms with Crippen LogP contribution in [-0.4, -0.2) is 58.1 Å². The molecule has 0 saturated carbocycles. The lowest BCUT2D eigenvalue weighted by Crippen LogP contribution is -2.34. The van der Waals surface area contributed by atoms with Crippen molar-refractivity contribution in [1.29, 1.82) is 0 Å². The molecule has 1 heterocycles. The van der Waals surface area contributed by atoms with E-state index in [2.05, 4.69) is 0 Å². The second-order valence-electron chi connectivity index (χ2n) is 2.89. The Hall–Kier alpha value is -0.200. The summed E-state index contributed by atoms with van der Waals surface area (Å²) in [5, 5.41) is 35.8. The van der Waals surface area contributed by atoms with Gasteiger partial charge in [-0.25, -0.2) is 0 Å². The van der Waals surface area contributed by atoms with Crippen molar-refractivity contribution in [1.82, 2.24) is 0 Å². The van der Waals surface area contributed by atoms with Gasteiger partial charge in [0.1, 0.15) is 18.3 Å². The molecule has 0 aromatic carbocycles. The van der Waals surface area contributed by atoms with Crippen LogP contribution in [0.4, 0.5) is 0 Å². The van der Waals surface area contributed by atoms with Gasteiger partial charge in [0.15, 0.2) is 0 Å². The molecule has 1 saturated heterocycles. The first-order valence-electron chi connectivity index (χ1n) is 3.94. The molecule has 5 heteroatoms. The number of rotatable bonds is 3. The van der Waals surface area contributed by atoms with Gasteiger partial charge in [0.2, 0.25) is 0 Å². The Morgan fingerprint density at radius 3 is 2.00 bits per heavy atom. The van der Waals surface area contributed by atoms with Gasteiger partial charge in [-0.15, -0.1) is 0 Å². The Morgan fingerprint density at radius 1 is 1.00 bits per heavy atom. The maximum Gasteiger partial charge on any atom is 0.111 e. The summed E-state index contributed by atoms with van der Waals surface area (Å²) in [6.45, 7) is -0.424. The molecule has 0 aliphatic carbocycles. The van der Waals surface area contributed by atoms with Crippen molar-refractivity contribution in [3.05, 3.63) is 0 Å². The fourth-order valence-corrected chi connectivity index (χ4v) is 1.34. The first-order chi connectivity index (χ1) is 5.70. The van der Waals surface area contributed by atoms with E-state index < -0.39 is 24.4 Å². The van der Waals surface area contributed by atoms with E-state index in [-0.39, 0.29) is 19.6 Å². The highest BCUT2D eigenvalue weighted by molar-refractivity contribution is 4.89. The smallest absolute Gasteiger partial charge is 0.111 e.